The van der Waals surface area contributed by atoms with E-state index in [1.165, 1.54) is 11.8 Å². The lowest BCUT2D eigenvalue weighted by molar-refractivity contribution is -0.143. The van der Waals surface area contributed by atoms with Gasteiger partial charge >= 0.3 is 0 Å². The Balaban J connectivity index is 1.20. The number of allylic oxidation sites excluding steroid dienone is 2. The molecule has 2 aromatic rings. The van der Waals surface area contributed by atoms with E-state index >= 15 is 0 Å². The SMILES string of the molecule is Cc1ccc(Oc2ccc(NC(=O)CN3C(=O)[C@@H]4[C@@H](C3=O)[C@H]3C=C[C@H]4C3)cn2)cc1C. The highest BCUT2D eigenvalue weighted by molar-refractivity contribution is 6.09. The summed E-state index contributed by atoms with van der Waals surface area (Å²) in [5, 5.41) is 2.70. The van der Waals surface area contributed by atoms with Crippen molar-refractivity contribution in [2.24, 2.45) is 23.7 Å². The van der Waals surface area contributed by atoms with Crippen molar-refractivity contribution in [3.8, 4) is 11.6 Å². The summed E-state index contributed by atoms with van der Waals surface area (Å²) in [6, 6.07) is 9.13. The quantitative estimate of drug-likeness (QED) is 0.596. The maximum Gasteiger partial charge on any atom is 0.244 e. The third kappa shape index (κ3) is 3.40. The van der Waals surface area contributed by atoms with Crippen molar-refractivity contribution in [1.29, 1.82) is 0 Å². The maximum atomic E-state index is 12.7. The lowest BCUT2D eigenvalue weighted by atomic mass is 9.85. The molecule has 0 radical (unpaired) electrons. The second-order valence-electron chi connectivity index (χ2n) is 8.54. The van der Waals surface area contributed by atoms with Crippen molar-refractivity contribution in [2.45, 2.75) is 20.3 Å². The summed E-state index contributed by atoms with van der Waals surface area (Å²) in [6.07, 6.45) is 6.43. The van der Waals surface area contributed by atoms with Crippen LogP contribution in [0.1, 0.15) is 17.5 Å². The molecule has 2 aliphatic carbocycles. The smallest absolute Gasteiger partial charge is 0.244 e. The summed E-state index contributed by atoms with van der Waals surface area (Å²) >= 11 is 0. The van der Waals surface area contributed by atoms with Crippen LogP contribution in [0.25, 0.3) is 0 Å². The minimum absolute atomic E-state index is 0.133. The van der Waals surface area contributed by atoms with E-state index in [0.29, 0.717) is 17.3 Å². The molecule has 31 heavy (non-hydrogen) atoms. The number of aryl methyl sites for hydroxylation is 2. The summed E-state index contributed by atoms with van der Waals surface area (Å²) < 4.78 is 5.75. The number of carbonyl (C=O) groups is 3. The van der Waals surface area contributed by atoms with Gasteiger partial charge in [-0.05, 0) is 61.4 Å². The van der Waals surface area contributed by atoms with Gasteiger partial charge in [-0.2, -0.15) is 0 Å². The maximum absolute atomic E-state index is 12.7. The molecule has 0 spiro atoms. The number of carbonyl (C=O) groups excluding carboxylic acids is 3. The predicted octanol–water partition coefficient (Wildman–Crippen LogP) is 3.24. The van der Waals surface area contributed by atoms with E-state index in [1.54, 1.807) is 12.1 Å². The predicted molar refractivity (Wildman–Crippen MR) is 113 cm³/mol. The minimum atomic E-state index is -0.424. The molecule has 7 heteroatoms. The molecule has 7 nitrogen and oxygen atoms in total. The molecule has 158 valence electrons. The average Bonchev–Trinajstić information content (AvgIpc) is 3.42. The highest BCUT2D eigenvalue weighted by atomic mass is 16.5. The fourth-order valence-corrected chi connectivity index (χ4v) is 4.88. The Morgan fingerprint density at radius 1 is 1.06 bits per heavy atom. The fraction of sp³-hybridized carbons (Fsp3) is 0.333. The lowest BCUT2D eigenvalue weighted by Crippen LogP contribution is -2.39. The van der Waals surface area contributed by atoms with Gasteiger partial charge in [-0.1, -0.05) is 18.2 Å². The lowest BCUT2D eigenvalue weighted by Gasteiger charge is -2.16. The van der Waals surface area contributed by atoms with E-state index in [0.717, 1.165) is 16.9 Å². The number of rotatable bonds is 5. The molecule has 3 amide bonds. The third-order valence-corrected chi connectivity index (χ3v) is 6.58. The number of aromatic nitrogens is 1. The Hall–Kier alpha value is -3.48. The van der Waals surface area contributed by atoms with Crippen molar-refractivity contribution >= 4 is 23.4 Å². The number of ether oxygens (including phenoxy) is 1. The van der Waals surface area contributed by atoms with Crippen LogP contribution in [0.4, 0.5) is 5.69 Å². The second-order valence-corrected chi connectivity index (χ2v) is 8.54. The Labute approximate surface area is 180 Å². The van der Waals surface area contributed by atoms with Gasteiger partial charge in [0.2, 0.25) is 23.6 Å². The largest absolute Gasteiger partial charge is 0.439 e. The van der Waals surface area contributed by atoms with Crippen LogP contribution >= 0.6 is 0 Å². The summed E-state index contributed by atoms with van der Waals surface area (Å²) in [5.74, 6) is -0.102. The van der Waals surface area contributed by atoms with E-state index in [2.05, 4.69) is 10.3 Å². The van der Waals surface area contributed by atoms with Gasteiger partial charge in [0.25, 0.3) is 0 Å². The van der Waals surface area contributed by atoms with Crippen LogP contribution in [0, 0.1) is 37.5 Å². The first-order chi connectivity index (χ1) is 14.9. The van der Waals surface area contributed by atoms with Crippen molar-refractivity contribution in [3.63, 3.8) is 0 Å². The van der Waals surface area contributed by atoms with Crippen LogP contribution in [0.3, 0.4) is 0 Å². The van der Waals surface area contributed by atoms with Gasteiger partial charge in [-0.15, -0.1) is 0 Å². The summed E-state index contributed by atoms with van der Waals surface area (Å²) in [4.78, 5) is 43.2. The van der Waals surface area contributed by atoms with E-state index < -0.39 is 5.91 Å². The molecule has 1 saturated carbocycles. The van der Waals surface area contributed by atoms with Crippen LogP contribution < -0.4 is 10.1 Å². The standard InChI is InChI=1S/C24H23N3O4/c1-13-3-7-18(9-14(13)2)31-20-8-6-17(11-25-20)26-19(28)12-27-23(29)21-15-4-5-16(10-15)22(21)24(27)30/h3-9,11,15-16,21-22H,10,12H2,1-2H3,(H,26,28)/t15-,16-,21-,22-/m0/s1. The normalized spacial score (nSPS) is 25.8. The van der Waals surface area contributed by atoms with Gasteiger partial charge in [-0.3, -0.25) is 19.3 Å². The molecule has 2 bridgehead atoms. The summed E-state index contributed by atoms with van der Waals surface area (Å²) in [7, 11) is 0. The van der Waals surface area contributed by atoms with Crippen LogP contribution in [0.15, 0.2) is 48.7 Å². The number of likely N-dealkylation sites (tertiary alicyclic amines) is 1. The van der Waals surface area contributed by atoms with Crippen LogP contribution in [-0.4, -0.2) is 34.2 Å². The van der Waals surface area contributed by atoms with Crippen molar-refractivity contribution in [1.82, 2.24) is 9.88 Å². The van der Waals surface area contributed by atoms with E-state index in [-0.39, 0.29) is 42.0 Å². The van der Waals surface area contributed by atoms with Crippen LogP contribution in [0.5, 0.6) is 11.6 Å². The molecule has 1 saturated heterocycles. The van der Waals surface area contributed by atoms with E-state index in [1.807, 2.05) is 44.2 Å². The molecule has 4 atom stereocenters. The van der Waals surface area contributed by atoms with Crippen molar-refractivity contribution in [2.75, 3.05) is 11.9 Å². The van der Waals surface area contributed by atoms with Crippen molar-refractivity contribution < 1.29 is 19.1 Å². The number of nitrogens with one attached hydrogen (secondary N) is 1. The van der Waals surface area contributed by atoms with Gasteiger partial charge in [0.05, 0.1) is 23.7 Å². The molecule has 0 unspecified atom stereocenters. The Bertz CT molecular complexity index is 1080. The third-order valence-electron chi connectivity index (χ3n) is 6.58. The van der Waals surface area contributed by atoms with Gasteiger partial charge in [0, 0.05) is 6.07 Å². The van der Waals surface area contributed by atoms with Gasteiger partial charge in [0.1, 0.15) is 12.3 Å². The number of pyridine rings is 1. The first-order valence-corrected chi connectivity index (χ1v) is 10.5. The molecule has 1 aromatic heterocycles. The van der Waals surface area contributed by atoms with Crippen molar-refractivity contribution in [3.05, 3.63) is 59.8 Å². The topological polar surface area (TPSA) is 88.6 Å². The Morgan fingerprint density at radius 3 is 2.39 bits per heavy atom. The minimum Gasteiger partial charge on any atom is -0.439 e. The van der Waals surface area contributed by atoms with Crippen LogP contribution in [0.2, 0.25) is 0 Å². The molecule has 3 aliphatic rings. The van der Waals surface area contributed by atoms with Gasteiger partial charge in [0.15, 0.2) is 0 Å². The molecular formula is C24H23N3O4. The fourth-order valence-electron chi connectivity index (χ4n) is 4.88. The van der Waals surface area contributed by atoms with Gasteiger partial charge in [-0.25, -0.2) is 4.98 Å². The number of amides is 3. The van der Waals surface area contributed by atoms with E-state index in [9.17, 15) is 14.4 Å². The molecule has 1 aromatic carbocycles. The van der Waals surface area contributed by atoms with Gasteiger partial charge < -0.3 is 10.1 Å². The molecule has 2 fully saturated rings. The molecule has 5 rings (SSSR count). The number of benzene rings is 1. The zero-order chi connectivity index (χ0) is 21.7. The monoisotopic (exact) mass is 417 g/mol. The zero-order valence-electron chi connectivity index (χ0n) is 17.4. The number of anilines is 1. The summed E-state index contributed by atoms with van der Waals surface area (Å²) in [6.45, 7) is 3.77. The first-order valence-electron chi connectivity index (χ1n) is 10.5. The second kappa shape index (κ2) is 7.34. The zero-order valence-corrected chi connectivity index (χ0v) is 17.4. The van der Waals surface area contributed by atoms with E-state index in [4.69, 9.17) is 4.74 Å². The average molecular weight is 417 g/mol. The molecule has 1 aliphatic heterocycles. The molecule has 1 N–H and O–H groups in total. The highest BCUT2D eigenvalue weighted by Gasteiger charge is 2.59. The Morgan fingerprint density at radius 2 is 1.77 bits per heavy atom. The number of hydrogen-bond donors (Lipinski definition) is 1. The number of hydrogen-bond acceptors (Lipinski definition) is 5. The number of nitrogens with zero attached hydrogens (tertiary/aromatic N) is 2. The molecule has 2 heterocycles. The number of fused-ring (bicyclic) bond motifs is 5. The summed E-state index contributed by atoms with van der Waals surface area (Å²) in [5.41, 5.74) is 2.78. The number of imide groups is 1. The Kier molecular flexibility index (Phi) is 4.61. The highest BCUT2D eigenvalue weighted by Crippen LogP contribution is 2.52. The van der Waals surface area contributed by atoms with Crippen LogP contribution in [-0.2, 0) is 14.4 Å². The first kappa shape index (κ1) is 19.5. The molecular weight excluding hydrogens is 394 g/mol.